The Kier molecular flexibility index (Phi) is 14.4. The van der Waals surface area contributed by atoms with Gasteiger partial charge < -0.3 is 0 Å². The number of hydrogen-bond donors (Lipinski definition) is 0. The van der Waals surface area contributed by atoms with Crippen molar-refractivity contribution in [2.75, 3.05) is 0 Å². The predicted octanol–water partition coefficient (Wildman–Crippen LogP) is 6.91. The van der Waals surface area contributed by atoms with E-state index in [9.17, 15) is 0 Å². The minimum absolute atomic E-state index is 0. The average molecular weight is 516 g/mol. The molecule has 2 aliphatic carbocycles. The zero-order chi connectivity index (χ0) is 22.5. The molecule has 0 nitrogen and oxygen atoms in total. The van der Waals surface area contributed by atoms with Crippen molar-refractivity contribution >= 4 is 19.9 Å². The molecule has 2 aromatic rings. The normalized spacial score (nSPS) is 13.6. The molecule has 0 bridgehead atoms. The van der Waals surface area contributed by atoms with E-state index in [2.05, 4.69) is 101 Å². The van der Waals surface area contributed by atoms with Gasteiger partial charge in [0.05, 0.1) is 0 Å². The molecule has 0 amide bonds. The minimum atomic E-state index is 0. The van der Waals surface area contributed by atoms with Gasteiger partial charge in [0.15, 0.2) is 0 Å². The standard InChI is InChI=1S/C14H14Si.C11H17.C5H5.Zr/c1-11-7-3-5-9-13(11)15-14-10-6-4-8-12(14)2;1-4-9-7-8-10(5-2)11(9)6-3;1-2-4-5-3-1;/h3-10H,1-2H3;4-7H2,1-3H3;1-3H,4H2;/q;2*-1;+2. The van der Waals surface area contributed by atoms with Gasteiger partial charge in [0.25, 0.3) is 0 Å². The molecule has 0 spiro atoms. The second-order valence-corrected chi connectivity index (χ2v) is 9.06. The third-order valence-corrected chi connectivity index (χ3v) is 7.25. The van der Waals surface area contributed by atoms with E-state index in [1.807, 2.05) is 12.2 Å². The van der Waals surface area contributed by atoms with Crippen LogP contribution in [0.4, 0.5) is 0 Å². The second kappa shape index (κ2) is 16.2. The van der Waals surface area contributed by atoms with Crippen molar-refractivity contribution in [2.45, 2.75) is 66.7 Å². The summed E-state index contributed by atoms with van der Waals surface area (Å²) in [6, 6.07) is 17.2. The summed E-state index contributed by atoms with van der Waals surface area (Å²) in [7, 11) is 0.774. The first-order valence-electron chi connectivity index (χ1n) is 11.5. The maximum Gasteiger partial charge on any atom is 2.00 e. The number of benzene rings is 2. The molecule has 164 valence electrons. The maximum absolute atomic E-state index is 3.45. The molecule has 0 aromatic heterocycles. The SMILES string of the molecule is CCC1=[C-]CC(CC)=C1CC.Cc1ccccc1[Si]c1ccccc1C.[C-]1=CC=CC1.[Zr+2]. The average Bonchev–Trinajstić information content (AvgIpc) is 3.50. The van der Waals surface area contributed by atoms with Crippen LogP contribution in [0.5, 0.6) is 0 Å². The Morgan fingerprint density at radius 2 is 1.41 bits per heavy atom. The largest absolute Gasteiger partial charge is 2.00 e. The molecule has 0 saturated heterocycles. The van der Waals surface area contributed by atoms with E-state index in [4.69, 9.17) is 0 Å². The van der Waals surface area contributed by atoms with E-state index in [1.165, 1.54) is 39.9 Å². The summed E-state index contributed by atoms with van der Waals surface area (Å²) in [5.74, 6) is 0. The first kappa shape index (κ1) is 28.5. The summed E-state index contributed by atoms with van der Waals surface area (Å²) >= 11 is 0. The Bertz CT molecular complexity index is 893. The van der Waals surface area contributed by atoms with Crippen LogP contribution in [0.2, 0.25) is 0 Å². The quantitative estimate of drug-likeness (QED) is 0.300. The minimum Gasteiger partial charge on any atom is -0.273 e. The molecule has 2 aromatic carbocycles. The molecule has 0 N–H and O–H groups in total. The van der Waals surface area contributed by atoms with Crippen molar-refractivity contribution in [1.29, 1.82) is 0 Å². The van der Waals surface area contributed by atoms with Gasteiger partial charge in [-0.3, -0.25) is 12.2 Å². The van der Waals surface area contributed by atoms with Crippen LogP contribution >= 0.6 is 0 Å². The Morgan fingerprint density at radius 3 is 1.78 bits per heavy atom. The van der Waals surface area contributed by atoms with Gasteiger partial charge in [-0.25, -0.2) is 17.7 Å². The van der Waals surface area contributed by atoms with Crippen molar-refractivity contribution < 1.29 is 26.2 Å². The predicted molar refractivity (Wildman–Crippen MR) is 138 cm³/mol. The zero-order valence-corrected chi connectivity index (χ0v) is 23.8. The molecule has 0 heterocycles. The summed E-state index contributed by atoms with van der Waals surface area (Å²) in [5.41, 5.74) is 7.46. The molecule has 2 radical (unpaired) electrons. The van der Waals surface area contributed by atoms with E-state index >= 15 is 0 Å². The van der Waals surface area contributed by atoms with Crippen LogP contribution in [-0.4, -0.2) is 9.52 Å². The molecule has 2 aliphatic rings. The maximum atomic E-state index is 3.45. The first-order chi connectivity index (χ1) is 15.1. The van der Waals surface area contributed by atoms with Gasteiger partial charge in [0, 0.05) is 0 Å². The van der Waals surface area contributed by atoms with Gasteiger partial charge in [0.1, 0.15) is 9.52 Å². The van der Waals surface area contributed by atoms with Crippen molar-refractivity contribution in [3.8, 4) is 0 Å². The van der Waals surface area contributed by atoms with E-state index in [0.29, 0.717) is 0 Å². The van der Waals surface area contributed by atoms with Crippen LogP contribution in [0.1, 0.15) is 64.0 Å². The van der Waals surface area contributed by atoms with E-state index in [1.54, 1.807) is 11.1 Å². The third-order valence-electron chi connectivity index (χ3n) is 5.59. The molecule has 0 atom stereocenters. The van der Waals surface area contributed by atoms with Crippen molar-refractivity contribution in [2.24, 2.45) is 0 Å². The van der Waals surface area contributed by atoms with Crippen molar-refractivity contribution in [1.82, 2.24) is 0 Å². The van der Waals surface area contributed by atoms with Crippen LogP contribution in [0.15, 0.2) is 83.5 Å². The molecule has 2 heteroatoms. The van der Waals surface area contributed by atoms with Gasteiger partial charge in [-0.05, 0) is 13.8 Å². The number of aryl methyl sites for hydroxylation is 2. The van der Waals surface area contributed by atoms with E-state index < -0.39 is 0 Å². The fourth-order valence-corrected chi connectivity index (χ4v) is 4.90. The molecule has 0 aliphatic heterocycles. The molecular formula is C30H36SiZr. The van der Waals surface area contributed by atoms with Crippen molar-refractivity contribution in [3.05, 3.63) is 107 Å². The summed E-state index contributed by atoms with van der Waals surface area (Å²) < 4.78 is 0. The smallest absolute Gasteiger partial charge is 0.273 e. The molecule has 0 unspecified atom stereocenters. The molecule has 0 saturated carbocycles. The zero-order valence-electron chi connectivity index (χ0n) is 20.4. The van der Waals surface area contributed by atoms with Gasteiger partial charge in [-0.2, -0.15) is 17.2 Å². The van der Waals surface area contributed by atoms with Gasteiger partial charge in [-0.1, -0.05) is 110 Å². The summed E-state index contributed by atoms with van der Waals surface area (Å²) in [4.78, 5) is 0. The Morgan fingerprint density at radius 1 is 0.812 bits per heavy atom. The van der Waals surface area contributed by atoms with Crippen LogP contribution in [0, 0.1) is 26.0 Å². The van der Waals surface area contributed by atoms with Crippen LogP contribution < -0.4 is 10.4 Å². The van der Waals surface area contributed by atoms with E-state index in [0.717, 1.165) is 28.8 Å². The Labute approximate surface area is 218 Å². The van der Waals surface area contributed by atoms with Crippen LogP contribution in [0.3, 0.4) is 0 Å². The summed E-state index contributed by atoms with van der Waals surface area (Å²) in [6.07, 6.45) is 18.1. The second-order valence-electron chi connectivity index (χ2n) is 7.73. The van der Waals surface area contributed by atoms with Crippen LogP contribution in [0.25, 0.3) is 0 Å². The number of rotatable bonds is 5. The number of allylic oxidation sites excluding steroid dienone is 8. The van der Waals surface area contributed by atoms with Crippen LogP contribution in [-0.2, 0) is 26.2 Å². The van der Waals surface area contributed by atoms with Gasteiger partial charge >= 0.3 is 26.2 Å². The first-order valence-corrected chi connectivity index (χ1v) is 12.5. The molecule has 0 fully saturated rings. The van der Waals surface area contributed by atoms with Crippen molar-refractivity contribution in [3.63, 3.8) is 0 Å². The Hall–Kier alpha value is -1.50. The summed E-state index contributed by atoms with van der Waals surface area (Å²) in [6.45, 7) is 11.1. The fraction of sp³-hybridized carbons (Fsp3) is 0.333. The fourth-order valence-electron chi connectivity index (χ4n) is 3.69. The van der Waals surface area contributed by atoms with E-state index in [-0.39, 0.29) is 26.2 Å². The topological polar surface area (TPSA) is 0 Å². The summed E-state index contributed by atoms with van der Waals surface area (Å²) in [5, 5.41) is 2.90. The Balaban J connectivity index is 0.000000264. The molecule has 4 rings (SSSR count). The monoisotopic (exact) mass is 514 g/mol. The molecule has 32 heavy (non-hydrogen) atoms. The third kappa shape index (κ3) is 9.16. The van der Waals surface area contributed by atoms with Gasteiger partial charge in [0.2, 0.25) is 0 Å². The van der Waals surface area contributed by atoms with Gasteiger partial charge in [-0.15, -0.1) is 12.8 Å². The number of hydrogen-bond acceptors (Lipinski definition) is 0. The molecular weight excluding hydrogens is 480 g/mol.